The fourth-order valence-corrected chi connectivity index (χ4v) is 3.11. The molecule has 2 heterocycles. The molecule has 6 nitrogen and oxygen atoms in total. The van der Waals surface area contributed by atoms with Gasteiger partial charge in [-0.1, -0.05) is 48.0 Å². The number of carbonyl (C=O) groups is 2. The minimum absolute atomic E-state index is 0.00214. The van der Waals surface area contributed by atoms with Gasteiger partial charge >= 0.3 is 0 Å². The first-order chi connectivity index (χ1) is 13.5. The molecule has 138 valence electrons. The van der Waals surface area contributed by atoms with Crippen molar-refractivity contribution in [3.63, 3.8) is 0 Å². The maximum Gasteiger partial charge on any atom is 0.263 e. The van der Waals surface area contributed by atoms with Crippen molar-refractivity contribution in [1.82, 2.24) is 20.4 Å². The molecule has 7 heteroatoms. The molecule has 0 saturated carbocycles. The summed E-state index contributed by atoms with van der Waals surface area (Å²) in [5.74, 6) is -1.08. The topological polar surface area (TPSA) is 76.0 Å². The zero-order valence-electron chi connectivity index (χ0n) is 15.0. The zero-order valence-corrected chi connectivity index (χ0v) is 15.8. The number of aromatic nitrogens is 2. The lowest BCUT2D eigenvalue weighted by Crippen LogP contribution is -2.51. The Kier molecular flexibility index (Phi) is 4.58. The van der Waals surface area contributed by atoms with Crippen molar-refractivity contribution in [1.29, 1.82) is 0 Å². The van der Waals surface area contributed by atoms with Crippen LogP contribution in [0.25, 0.3) is 23.0 Å². The summed E-state index contributed by atoms with van der Waals surface area (Å²) in [5.41, 5.74) is 4.31. The molecule has 4 rings (SSSR count). The molecule has 2 aromatic carbocycles. The van der Waals surface area contributed by atoms with E-state index in [-0.39, 0.29) is 10.7 Å². The Balaban J connectivity index is 1.83. The van der Waals surface area contributed by atoms with E-state index >= 15 is 0 Å². The molecule has 0 radical (unpaired) electrons. The number of hydrogen-bond acceptors (Lipinski definition) is 4. The van der Waals surface area contributed by atoms with E-state index in [1.807, 2.05) is 67.6 Å². The third kappa shape index (κ3) is 3.47. The summed E-state index contributed by atoms with van der Waals surface area (Å²) >= 11 is 4.83. The van der Waals surface area contributed by atoms with Crippen LogP contribution in [0.3, 0.4) is 0 Å². The van der Waals surface area contributed by atoms with E-state index in [1.165, 1.54) is 6.08 Å². The molecular weight excluding hydrogens is 372 g/mol. The highest BCUT2D eigenvalue weighted by atomic mass is 32.1. The average molecular weight is 388 g/mol. The van der Waals surface area contributed by atoms with Crippen LogP contribution in [-0.4, -0.2) is 26.7 Å². The van der Waals surface area contributed by atoms with Crippen molar-refractivity contribution < 1.29 is 9.59 Å². The highest BCUT2D eigenvalue weighted by Crippen LogP contribution is 2.25. The van der Waals surface area contributed by atoms with E-state index in [2.05, 4.69) is 15.7 Å². The van der Waals surface area contributed by atoms with E-state index in [9.17, 15) is 9.59 Å². The van der Waals surface area contributed by atoms with Crippen molar-refractivity contribution >= 4 is 35.2 Å². The standard InChI is InChI=1S/C21H16N4O2S/c1-13-7-9-14(10-8-13)18-12-15(24-25(18)16-5-3-2-4-6-16)11-17-19(26)22-21(28)23-20(17)27/h2-12H,1H3,(H2,22,23,26,27,28). The predicted octanol–water partition coefficient (Wildman–Crippen LogP) is 2.76. The van der Waals surface area contributed by atoms with E-state index in [4.69, 9.17) is 12.2 Å². The number of carbonyl (C=O) groups excluding carboxylic acids is 2. The van der Waals surface area contributed by atoms with Crippen LogP contribution in [0.4, 0.5) is 0 Å². The number of para-hydroxylation sites is 1. The molecule has 0 atom stereocenters. The van der Waals surface area contributed by atoms with Gasteiger partial charge in [-0.25, -0.2) is 4.68 Å². The predicted molar refractivity (Wildman–Crippen MR) is 111 cm³/mol. The van der Waals surface area contributed by atoms with Gasteiger partial charge in [0.1, 0.15) is 5.57 Å². The highest BCUT2D eigenvalue weighted by Gasteiger charge is 2.26. The number of thiocarbonyl (C=S) groups is 1. The van der Waals surface area contributed by atoms with Gasteiger partial charge in [0.15, 0.2) is 5.11 Å². The second kappa shape index (κ2) is 7.21. The Morgan fingerprint density at radius 2 is 1.61 bits per heavy atom. The Morgan fingerprint density at radius 3 is 2.25 bits per heavy atom. The first-order valence-corrected chi connectivity index (χ1v) is 9.03. The van der Waals surface area contributed by atoms with Crippen LogP contribution in [0.1, 0.15) is 11.3 Å². The summed E-state index contributed by atoms with van der Waals surface area (Å²) in [6.45, 7) is 2.03. The van der Waals surface area contributed by atoms with Gasteiger partial charge in [-0.05, 0) is 43.4 Å². The summed E-state index contributed by atoms with van der Waals surface area (Å²) in [5, 5.41) is 9.47. The van der Waals surface area contributed by atoms with Crippen molar-refractivity contribution in [3.8, 4) is 16.9 Å². The number of rotatable bonds is 3. The van der Waals surface area contributed by atoms with Crippen LogP contribution in [0.2, 0.25) is 0 Å². The van der Waals surface area contributed by atoms with Gasteiger partial charge in [0, 0.05) is 5.56 Å². The molecule has 0 aliphatic carbocycles. The number of hydrogen-bond donors (Lipinski definition) is 2. The molecule has 1 saturated heterocycles. The summed E-state index contributed by atoms with van der Waals surface area (Å²) in [6, 6.07) is 19.6. The Labute approximate surface area is 166 Å². The summed E-state index contributed by atoms with van der Waals surface area (Å²) in [6.07, 6.45) is 1.46. The number of amides is 2. The molecule has 0 unspecified atom stereocenters. The maximum absolute atomic E-state index is 12.1. The third-order valence-corrected chi connectivity index (χ3v) is 4.52. The Morgan fingerprint density at radius 1 is 0.964 bits per heavy atom. The summed E-state index contributed by atoms with van der Waals surface area (Å²) in [4.78, 5) is 24.3. The molecule has 1 aliphatic heterocycles. The molecule has 0 spiro atoms. The van der Waals surface area contributed by atoms with Crippen LogP contribution in [0.15, 0.2) is 66.2 Å². The molecular formula is C21H16N4O2S. The van der Waals surface area contributed by atoms with Crippen molar-refractivity contribution in [2.75, 3.05) is 0 Å². The monoisotopic (exact) mass is 388 g/mol. The SMILES string of the molecule is Cc1ccc(-c2cc(C=C3C(=O)NC(=S)NC3=O)nn2-c2ccccc2)cc1. The van der Waals surface area contributed by atoms with Crippen LogP contribution in [0.5, 0.6) is 0 Å². The van der Waals surface area contributed by atoms with E-state index < -0.39 is 11.8 Å². The molecule has 0 bridgehead atoms. The molecule has 1 aromatic heterocycles. The molecule has 28 heavy (non-hydrogen) atoms. The molecule has 3 aromatic rings. The van der Waals surface area contributed by atoms with Crippen LogP contribution in [0, 0.1) is 6.92 Å². The first-order valence-electron chi connectivity index (χ1n) is 8.62. The lowest BCUT2D eigenvalue weighted by Gasteiger charge is -2.15. The lowest BCUT2D eigenvalue weighted by atomic mass is 10.1. The number of nitrogens with one attached hydrogen (secondary N) is 2. The van der Waals surface area contributed by atoms with Gasteiger partial charge in [0.2, 0.25) is 0 Å². The summed E-state index contributed by atoms with van der Waals surface area (Å²) in [7, 11) is 0. The van der Waals surface area contributed by atoms with Gasteiger partial charge in [-0.2, -0.15) is 5.10 Å². The minimum Gasteiger partial charge on any atom is -0.299 e. The quantitative estimate of drug-likeness (QED) is 0.411. The van der Waals surface area contributed by atoms with Crippen LogP contribution in [-0.2, 0) is 9.59 Å². The molecule has 1 fully saturated rings. The zero-order chi connectivity index (χ0) is 19.7. The average Bonchev–Trinajstić information content (AvgIpc) is 3.10. The first kappa shape index (κ1) is 17.8. The van der Waals surface area contributed by atoms with E-state index in [0.717, 1.165) is 22.5 Å². The van der Waals surface area contributed by atoms with E-state index in [0.29, 0.717) is 5.69 Å². The van der Waals surface area contributed by atoms with Crippen molar-refractivity contribution in [2.45, 2.75) is 6.92 Å². The van der Waals surface area contributed by atoms with Crippen LogP contribution >= 0.6 is 12.2 Å². The minimum atomic E-state index is -0.542. The number of aryl methyl sites for hydroxylation is 1. The Bertz CT molecular complexity index is 1090. The van der Waals surface area contributed by atoms with E-state index in [1.54, 1.807) is 4.68 Å². The molecule has 2 N–H and O–H groups in total. The molecule has 1 aliphatic rings. The fraction of sp³-hybridized carbons (Fsp3) is 0.0476. The number of benzene rings is 2. The van der Waals surface area contributed by atoms with Gasteiger partial charge in [-0.3, -0.25) is 20.2 Å². The van der Waals surface area contributed by atoms with Crippen molar-refractivity contribution in [3.05, 3.63) is 77.5 Å². The van der Waals surface area contributed by atoms with Crippen LogP contribution < -0.4 is 10.6 Å². The van der Waals surface area contributed by atoms with Crippen molar-refractivity contribution in [2.24, 2.45) is 0 Å². The van der Waals surface area contributed by atoms with Gasteiger partial charge < -0.3 is 0 Å². The normalized spacial score (nSPS) is 13.9. The summed E-state index contributed by atoms with van der Waals surface area (Å²) < 4.78 is 1.79. The largest absolute Gasteiger partial charge is 0.299 e. The van der Waals surface area contributed by atoms with Gasteiger partial charge in [-0.15, -0.1) is 0 Å². The second-order valence-corrected chi connectivity index (χ2v) is 6.77. The molecule has 2 amide bonds. The third-order valence-electron chi connectivity index (χ3n) is 4.31. The van der Waals surface area contributed by atoms with Gasteiger partial charge in [0.25, 0.3) is 11.8 Å². The number of nitrogens with zero attached hydrogens (tertiary/aromatic N) is 2. The lowest BCUT2D eigenvalue weighted by molar-refractivity contribution is -0.123. The smallest absolute Gasteiger partial charge is 0.263 e. The van der Waals surface area contributed by atoms with Gasteiger partial charge in [0.05, 0.1) is 17.1 Å². The Hall–Kier alpha value is -3.58. The highest BCUT2D eigenvalue weighted by molar-refractivity contribution is 7.80. The maximum atomic E-state index is 12.1. The fourth-order valence-electron chi connectivity index (χ4n) is 2.92. The second-order valence-electron chi connectivity index (χ2n) is 6.36.